The lowest BCUT2D eigenvalue weighted by Gasteiger charge is -2.09. The second-order valence-corrected chi connectivity index (χ2v) is 6.64. The van der Waals surface area contributed by atoms with Gasteiger partial charge in [-0.15, -0.1) is 24.8 Å². The van der Waals surface area contributed by atoms with Crippen LogP contribution in [0.1, 0.15) is 38.5 Å². The summed E-state index contributed by atoms with van der Waals surface area (Å²) in [5.41, 5.74) is 19.5. The highest BCUT2D eigenvalue weighted by Gasteiger charge is 2.03. The average Bonchev–Trinajstić information content (AvgIpc) is 2.67. The summed E-state index contributed by atoms with van der Waals surface area (Å²) in [7, 11) is 0. The van der Waals surface area contributed by atoms with Gasteiger partial charge >= 0.3 is 0 Å². The van der Waals surface area contributed by atoms with E-state index in [-0.39, 0.29) is 36.7 Å². The van der Waals surface area contributed by atoms with E-state index < -0.39 is 0 Å². The van der Waals surface area contributed by atoms with Gasteiger partial charge in [-0.2, -0.15) is 0 Å². The van der Waals surface area contributed by atoms with Crippen LogP contribution in [-0.4, -0.2) is 18.4 Å². The van der Waals surface area contributed by atoms with Gasteiger partial charge < -0.3 is 27.8 Å². The average molecular weight is 455 g/mol. The summed E-state index contributed by atoms with van der Waals surface area (Å²) >= 11 is 0. The Morgan fingerprint density at radius 3 is 1.83 bits per heavy atom. The number of amides is 1. The van der Waals surface area contributed by atoms with Crippen LogP contribution in [0.25, 0.3) is 0 Å². The third-order valence-electron chi connectivity index (χ3n) is 4.19. The lowest BCUT2D eigenvalue weighted by Crippen LogP contribution is -2.21. The SMILES string of the molecule is Cl.Cl.NCCCCCCCC(=O)Nc1ccc(Nc2ccc(N=C(N)N)cc2)cc1. The summed E-state index contributed by atoms with van der Waals surface area (Å²) in [6.07, 6.45) is 5.86. The summed E-state index contributed by atoms with van der Waals surface area (Å²) in [5, 5.41) is 6.23. The molecule has 2 aromatic carbocycles. The van der Waals surface area contributed by atoms with E-state index >= 15 is 0 Å². The van der Waals surface area contributed by atoms with E-state index in [2.05, 4.69) is 15.6 Å². The number of unbranched alkanes of at least 4 members (excludes halogenated alkanes) is 4. The van der Waals surface area contributed by atoms with Crippen molar-refractivity contribution in [2.24, 2.45) is 22.2 Å². The van der Waals surface area contributed by atoms with E-state index in [9.17, 15) is 4.79 Å². The van der Waals surface area contributed by atoms with Gasteiger partial charge in [0.15, 0.2) is 5.96 Å². The lowest BCUT2D eigenvalue weighted by molar-refractivity contribution is -0.116. The first kappa shape index (κ1) is 27.5. The molecule has 0 aliphatic rings. The van der Waals surface area contributed by atoms with Crippen LogP contribution >= 0.6 is 24.8 Å². The molecule has 0 aliphatic heterocycles. The predicted molar refractivity (Wildman–Crippen MR) is 132 cm³/mol. The molecule has 0 saturated carbocycles. The maximum absolute atomic E-state index is 12.0. The normalized spacial score (nSPS) is 9.63. The molecule has 0 aliphatic carbocycles. The maximum atomic E-state index is 12.0. The fourth-order valence-electron chi connectivity index (χ4n) is 2.76. The Kier molecular flexibility index (Phi) is 14.1. The number of rotatable bonds is 11. The Hall–Kier alpha value is -2.48. The van der Waals surface area contributed by atoms with Gasteiger partial charge in [0.2, 0.25) is 5.91 Å². The smallest absolute Gasteiger partial charge is 0.224 e. The number of benzene rings is 2. The molecule has 9 heteroatoms. The molecule has 0 radical (unpaired) electrons. The quantitative estimate of drug-likeness (QED) is 0.194. The van der Waals surface area contributed by atoms with Crippen molar-refractivity contribution in [2.75, 3.05) is 17.2 Å². The zero-order chi connectivity index (χ0) is 20.2. The van der Waals surface area contributed by atoms with Gasteiger partial charge in [-0.3, -0.25) is 4.79 Å². The highest BCUT2D eigenvalue weighted by Crippen LogP contribution is 2.21. The Morgan fingerprint density at radius 2 is 1.27 bits per heavy atom. The predicted octanol–water partition coefficient (Wildman–Crippen LogP) is 4.42. The van der Waals surface area contributed by atoms with Gasteiger partial charge in [-0.05, 0) is 67.9 Å². The van der Waals surface area contributed by atoms with Crippen LogP contribution in [-0.2, 0) is 4.79 Å². The third-order valence-corrected chi connectivity index (χ3v) is 4.19. The molecule has 7 nitrogen and oxygen atoms in total. The number of guanidine groups is 1. The van der Waals surface area contributed by atoms with Crippen molar-refractivity contribution in [1.29, 1.82) is 0 Å². The standard InChI is InChI=1S/C21H30N6O.2ClH/c22-15-5-3-1-2-4-6-20(28)26-18-11-7-16(8-12-18)25-17-9-13-19(14-10-17)27-21(23)24;;/h7-14,25H,1-6,15,22H2,(H,26,28)(H4,23,24,27);2*1H. The van der Waals surface area contributed by atoms with Crippen LogP contribution in [0.4, 0.5) is 22.7 Å². The maximum Gasteiger partial charge on any atom is 0.224 e. The molecule has 8 N–H and O–H groups in total. The molecular weight excluding hydrogens is 423 g/mol. The molecular formula is C21H32Cl2N6O. The molecule has 1 amide bonds. The second kappa shape index (κ2) is 15.4. The number of aliphatic imine (C=N–C) groups is 1. The van der Waals surface area contributed by atoms with Crippen LogP contribution in [0.15, 0.2) is 53.5 Å². The van der Waals surface area contributed by atoms with E-state index in [1.165, 1.54) is 0 Å². The molecule has 2 aromatic rings. The van der Waals surface area contributed by atoms with Gasteiger partial charge in [-0.1, -0.05) is 19.3 Å². The fraction of sp³-hybridized carbons (Fsp3) is 0.333. The number of hydrogen-bond donors (Lipinski definition) is 5. The third kappa shape index (κ3) is 10.9. The molecule has 0 bridgehead atoms. The minimum absolute atomic E-state index is 0. The molecule has 0 spiro atoms. The zero-order valence-corrected chi connectivity index (χ0v) is 18.6. The number of carbonyl (C=O) groups is 1. The summed E-state index contributed by atoms with van der Waals surface area (Å²) in [4.78, 5) is 16.0. The van der Waals surface area contributed by atoms with Crippen molar-refractivity contribution < 1.29 is 4.79 Å². The number of carbonyl (C=O) groups excluding carboxylic acids is 1. The highest BCUT2D eigenvalue weighted by atomic mass is 35.5. The van der Waals surface area contributed by atoms with Crippen molar-refractivity contribution in [1.82, 2.24) is 0 Å². The van der Waals surface area contributed by atoms with Crippen LogP contribution in [0.2, 0.25) is 0 Å². The first-order chi connectivity index (χ1) is 13.6. The van der Waals surface area contributed by atoms with E-state index in [0.29, 0.717) is 12.1 Å². The Bertz CT molecular complexity index is 762. The van der Waals surface area contributed by atoms with Crippen LogP contribution in [0.3, 0.4) is 0 Å². The first-order valence-electron chi connectivity index (χ1n) is 9.63. The second-order valence-electron chi connectivity index (χ2n) is 6.64. The molecule has 0 atom stereocenters. The van der Waals surface area contributed by atoms with Gasteiger partial charge in [-0.25, -0.2) is 4.99 Å². The van der Waals surface area contributed by atoms with Gasteiger partial charge in [0, 0.05) is 23.5 Å². The number of hydrogen-bond acceptors (Lipinski definition) is 4. The van der Waals surface area contributed by atoms with Gasteiger partial charge in [0.25, 0.3) is 0 Å². The molecule has 2 rings (SSSR count). The van der Waals surface area contributed by atoms with Crippen molar-refractivity contribution in [2.45, 2.75) is 38.5 Å². The Labute approximate surface area is 190 Å². The van der Waals surface area contributed by atoms with Gasteiger partial charge in [0.05, 0.1) is 5.69 Å². The summed E-state index contributed by atoms with van der Waals surface area (Å²) in [6.45, 7) is 0.745. The summed E-state index contributed by atoms with van der Waals surface area (Å²) < 4.78 is 0. The first-order valence-corrected chi connectivity index (χ1v) is 9.63. The topological polar surface area (TPSA) is 132 Å². The zero-order valence-electron chi connectivity index (χ0n) is 17.0. The molecule has 0 unspecified atom stereocenters. The van der Waals surface area contributed by atoms with E-state index in [1.807, 2.05) is 48.5 Å². The molecule has 0 saturated heterocycles. The monoisotopic (exact) mass is 454 g/mol. The number of halogens is 2. The number of anilines is 3. The molecule has 0 fully saturated rings. The van der Waals surface area contributed by atoms with E-state index in [1.54, 1.807) is 0 Å². The molecule has 166 valence electrons. The van der Waals surface area contributed by atoms with Crippen molar-refractivity contribution in [3.05, 3.63) is 48.5 Å². The Balaban J connectivity index is 0.00000420. The molecule has 0 heterocycles. The summed E-state index contributed by atoms with van der Waals surface area (Å²) in [6, 6.07) is 15.1. The van der Waals surface area contributed by atoms with Crippen LogP contribution in [0.5, 0.6) is 0 Å². The molecule has 30 heavy (non-hydrogen) atoms. The minimum Gasteiger partial charge on any atom is -0.370 e. The number of nitrogens with two attached hydrogens (primary N) is 3. The van der Waals surface area contributed by atoms with Crippen molar-refractivity contribution in [3.63, 3.8) is 0 Å². The fourth-order valence-corrected chi connectivity index (χ4v) is 2.76. The van der Waals surface area contributed by atoms with E-state index in [0.717, 1.165) is 55.7 Å². The van der Waals surface area contributed by atoms with Crippen LogP contribution in [0, 0.1) is 0 Å². The lowest BCUT2D eigenvalue weighted by atomic mass is 10.1. The van der Waals surface area contributed by atoms with Crippen molar-refractivity contribution >= 4 is 59.4 Å². The van der Waals surface area contributed by atoms with E-state index in [4.69, 9.17) is 17.2 Å². The Morgan fingerprint density at radius 1 is 0.767 bits per heavy atom. The van der Waals surface area contributed by atoms with Crippen LogP contribution < -0.4 is 27.8 Å². The largest absolute Gasteiger partial charge is 0.370 e. The number of nitrogens with one attached hydrogen (secondary N) is 2. The van der Waals surface area contributed by atoms with Crippen molar-refractivity contribution in [3.8, 4) is 0 Å². The summed E-state index contributed by atoms with van der Waals surface area (Å²) in [5.74, 6) is 0.0831. The number of nitrogens with zero attached hydrogens (tertiary/aromatic N) is 1. The molecule has 0 aromatic heterocycles. The highest BCUT2D eigenvalue weighted by molar-refractivity contribution is 5.90. The van der Waals surface area contributed by atoms with Gasteiger partial charge in [0.1, 0.15) is 0 Å². The minimum atomic E-state index is 0.